The first-order valence-electron chi connectivity index (χ1n) is 10.6. The lowest BCUT2D eigenvalue weighted by atomic mass is 10.0. The van der Waals surface area contributed by atoms with Crippen molar-refractivity contribution in [3.8, 4) is 0 Å². The molecule has 1 aliphatic heterocycles. The summed E-state index contributed by atoms with van der Waals surface area (Å²) in [6.07, 6.45) is 4.36. The van der Waals surface area contributed by atoms with Crippen LogP contribution in [0.15, 0.2) is 60.9 Å². The fraction of sp³-hybridized carbons (Fsp3) is 0.292. The normalized spacial score (nSPS) is 18.2. The van der Waals surface area contributed by atoms with E-state index in [-0.39, 0.29) is 18.0 Å². The highest BCUT2D eigenvalue weighted by molar-refractivity contribution is 7.80. The van der Waals surface area contributed by atoms with Gasteiger partial charge in [0.25, 0.3) is 0 Å². The number of aryl methyl sites for hydroxylation is 2. The Morgan fingerprint density at radius 3 is 2.71 bits per heavy atom. The molecule has 1 aliphatic rings. The monoisotopic (exact) mass is 433 g/mol. The van der Waals surface area contributed by atoms with Crippen LogP contribution in [0.3, 0.4) is 0 Å². The van der Waals surface area contributed by atoms with Crippen LogP contribution in [0.5, 0.6) is 0 Å². The average Bonchev–Trinajstić information content (AvgIpc) is 3.39. The summed E-state index contributed by atoms with van der Waals surface area (Å²) >= 11 is 5.80. The summed E-state index contributed by atoms with van der Waals surface area (Å²) in [5.74, 6) is 0.00285. The van der Waals surface area contributed by atoms with Gasteiger partial charge in [0, 0.05) is 42.4 Å². The van der Waals surface area contributed by atoms with E-state index in [2.05, 4.69) is 56.4 Å². The van der Waals surface area contributed by atoms with Gasteiger partial charge in [-0.25, -0.2) is 0 Å². The van der Waals surface area contributed by atoms with Crippen molar-refractivity contribution >= 4 is 34.6 Å². The van der Waals surface area contributed by atoms with E-state index >= 15 is 0 Å². The first-order chi connectivity index (χ1) is 15.0. The largest absolute Gasteiger partial charge is 0.351 e. The van der Waals surface area contributed by atoms with Crippen LogP contribution in [0.2, 0.25) is 0 Å². The summed E-state index contributed by atoms with van der Waals surface area (Å²) in [6.45, 7) is 6.86. The van der Waals surface area contributed by atoms with Crippen molar-refractivity contribution in [2.75, 3.05) is 10.2 Å². The van der Waals surface area contributed by atoms with E-state index in [9.17, 15) is 4.79 Å². The van der Waals surface area contributed by atoms with Crippen LogP contribution in [-0.4, -0.2) is 20.6 Å². The smallest absolute Gasteiger partial charge is 0.224 e. The topological polar surface area (TPSA) is 62.2 Å². The third kappa shape index (κ3) is 4.05. The van der Waals surface area contributed by atoms with Gasteiger partial charge in [-0.1, -0.05) is 13.0 Å². The van der Waals surface area contributed by atoms with Crippen LogP contribution in [-0.2, 0) is 11.3 Å². The number of rotatable bonds is 6. The molecule has 2 aromatic heterocycles. The molecule has 0 aliphatic carbocycles. The Hall–Kier alpha value is -3.19. The Bertz CT molecular complexity index is 1090. The van der Waals surface area contributed by atoms with Crippen LogP contribution in [0.25, 0.3) is 0 Å². The summed E-state index contributed by atoms with van der Waals surface area (Å²) in [6, 6.07) is 16.1. The quantitative estimate of drug-likeness (QED) is 0.550. The Morgan fingerprint density at radius 2 is 2.03 bits per heavy atom. The van der Waals surface area contributed by atoms with Crippen LogP contribution in [0.1, 0.15) is 49.3 Å². The average molecular weight is 434 g/mol. The maximum atomic E-state index is 11.8. The molecule has 0 spiro atoms. The van der Waals surface area contributed by atoms with Crippen LogP contribution >= 0.6 is 12.2 Å². The first-order valence-corrected chi connectivity index (χ1v) is 11.0. The standard InChI is InChI=1S/C24H27N5OS/c1-4-21(30)26-18-12-11-17(15-16(18)3)29-23(20-10-8-14-28(20)5-2)22(27-24(29)31)19-9-6-7-13-25-19/h6-15,22-23H,4-5H2,1-3H3,(H,26,30)(H,27,31)/t22-,23+/m0/s1. The minimum atomic E-state index is -0.0753. The summed E-state index contributed by atoms with van der Waals surface area (Å²) in [7, 11) is 0. The Labute approximate surface area is 188 Å². The predicted molar refractivity (Wildman–Crippen MR) is 128 cm³/mol. The van der Waals surface area contributed by atoms with Crippen molar-refractivity contribution in [1.82, 2.24) is 14.9 Å². The van der Waals surface area contributed by atoms with E-state index in [1.165, 1.54) is 5.69 Å². The molecule has 160 valence electrons. The molecule has 2 N–H and O–H groups in total. The molecule has 1 amide bonds. The molecule has 1 aromatic carbocycles. The predicted octanol–water partition coefficient (Wildman–Crippen LogP) is 4.74. The molecule has 0 bridgehead atoms. The number of pyridine rings is 1. The molecular formula is C24H27N5OS. The van der Waals surface area contributed by atoms with Crippen molar-refractivity contribution in [3.63, 3.8) is 0 Å². The number of carbonyl (C=O) groups is 1. The van der Waals surface area contributed by atoms with Gasteiger partial charge in [-0.15, -0.1) is 0 Å². The minimum Gasteiger partial charge on any atom is -0.351 e. The Kier molecular flexibility index (Phi) is 6.04. The maximum absolute atomic E-state index is 11.8. The van der Waals surface area contributed by atoms with Crippen LogP contribution in [0, 0.1) is 6.92 Å². The van der Waals surface area contributed by atoms with Crippen LogP contribution < -0.4 is 15.5 Å². The summed E-state index contributed by atoms with van der Waals surface area (Å²) in [5, 5.41) is 7.12. The number of hydrogen-bond acceptors (Lipinski definition) is 3. The number of nitrogens with one attached hydrogen (secondary N) is 2. The third-order valence-corrected chi connectivity index (χ3v) is 6.00. The van der Waals surface area contributed by atoms with Crippen molar-refractivity contribution in [3.05, 3.63) is 77.9 Å². The molecule has 6 nitrogen and oxygen atoms in total. The molecule has 0 radical (unpaired) electrons. The number of anilines is 2. The van der Waals surface area contributed by atoms with Gasteiger partial charge in [0.1, 0.15) is 6.04 Å². The molecule has 2 atom stereocenters. The molecule has 3 aromatic rings. The molecule has 31 heavy (non-hydrogen) atoms. The van der Waals surface area contributed by atoms with Gasteiger partial charge >= 0.3 is 0 Å². The molecule has 1 fully saturated rings. The fourth-order valence-corrected chi connectivity index (χ4v) is 4.44. The zero-order chi connectivity index (χ0) is 22.0. The van der Waals surface area contributed by atoms with Gasteiger partial charge < -0.3 is 20.1 Å². The van der Waals surface area contributed by atoms with Gasteiger partial charge in [0.15, 0.2) is 5.11 Å². The number of aromatic nitrogens is 2. The van der Waals surface area contributed by atoms with Crippen molar-refractivity contribution in [1.29, 1.82) is 0 Å². The summed E-state index contributed by atoms with van der Waals surface area (Å²) in [4.78, 5) is 18.6. The van der Waals surface area contributed by atoms with Gasteiger partial charge in [-0.2, -0.15) is 0 Å². The Morgan fingerprint density at radius 1 is 1.19 bits per heavy atom. The highest BCUT2D eigenvalue weighted by Crippen LogP contribution is 2.42. The van der Waals surface area contributed by atoms with Crippen molar-refractivity contribution in [2.45, 2.75) is 45.8 Å². The van der Waals surface area contributed by atoms with E-state index in [0.29, 0.717) is 11.5 Å². The van der Waals surface area contributed by atoms with E-state index in [1.54, 1.807) is 0 Å². The highest BCUT2D eigenvalue weighted by Gasteiger charge is 2.42. The zero-order valence-electron chi connectivity index (χ0n) is 18.0. The minimum absolute atomic E-state index is 0.00285. The van der Waals surface area contributed by atoms with E-state index in [1.807, 2.05) is 50.4 Å². The van der Waals surface area contributed by atoms with E-state index in [0.717, 1.165) is 29.2 Å². The van der Waals surface area contributed by atoms with Gasteiger partial charge in [-0.05, 0) is 74.1 Å². The molecule has 7 heteroatoms. The van der Waals surface area contributed by atoms with Crippen LogP contribution in [0.4, 0.5) is 11.4 Å². The lowest BCUT2D eigenvalue weighted by Crippen LogP contribution is -2.30. The molecular weight excluding hydrogens is 406 g/mol. The van der Waals surface area contributed by atoms with Gasteiger partial charge in [0.05, 0.1) is 11.7 Å². The SMILES string of the molecule is CCC(=O)Nc1ccc(N2C(=S)N[C@@H](c3ccccn3)[C@H]2c2cccn2CC)cc1C. The second kappa shape index (κ2) is 8.89. The van der Waals surface area contributed by atoms with Crippen molar-refractivity contribution in [2.24, 2.45) is 0 Å². The second-order valence-electron chi connectivity index (χ2n) is 7.62. The van der Waals surface area contributed by atoms with Gasteiger partial charge in [-0.3, -0.25) is 9.78 Å². The molecule has 0 unspecified atom stereocenters. The molecule has 4 rings (SSSR count). The van der Waals surface area contributed by atoms with Gasteiger partial charge in [0.2, 0.25) is 5.91 Å². The number of hydrogen-bond donors (Lipinski definition) is 2. The van der Waals surface area contributed by atoms with E-state index < -0.39 is 0 Å². The maximum Gasteiger partial charge on any atom is 0.224 e. The molecule has 1 saturated heterocycles. The van der Waals surface area contributed by atoms with Crippen molar-refractivity contribution < 1.29 is 4.79 Å². The molecule has 3 heterocycles. The Balaban J connectivity index is 1.77. The van der Waals surface area contributed by atoms with E-state index in [4.69, 9.17) is 12.2 Å². The summed E-state index contributed by atoms with van der Waals surface area (Å²) < 4.78 is 2.24. The number of thiocarbonyl (C=S) groups is 1. The second-order valence-corrected chi connectivity index (χ2v) is 8.00. The number of carbonyl (C=O) groups excluding carboxylic acids is 1. The highest BCUT2D eigenvalue weighted by atomic mass is 32.1. The number of amides is 1. The zero-order valence-corrected chi connectivity index (χ0v) is 18.8. The first kappa shape index (κ1) is 21.1. The number of benzene rings is 1. The molecule has 0 saturated carbocycles. The number of nitrogens with zero attached hydrogens (tertiary/aromatic N) is 3. The summed E-state index contributed by atoms with van der Waals surface area (Å²) in [5.41, 5.74) is 4.92. The lowest BCUT2D eigenvalue weighted by molar-refractivity contribution is -0.115. The fourth-order valence-electron chi connectivity index (χ4n) is 4.09. The lowest BCUT2D eigenvalue weighted by Gasteiger charge is -2.29. The third-order valence-electron chi connectivity index (χ3n) is 5.69.